The lowest BCUT2D eigenvalue weighted by Gasteiger charge is -2.08. The van der Waals surface area contributed by atoms with Gasteiger partial charge in [-0.15, -0.1) is 0 Å². The minimum Gasteiger partial charge on any atom is -0.491 e. The number of unbranched alkanes of at least 4 members (excludes halogenated alkanes) is 1. The standard InChI is InChI=1S/C13H18Cl2N2O2/c14-10-3-4-12(11(15)9-10)19-8-5-13(18)17-7-2-1-6-16/h3-4,9H,1-2,5-8,16H2,(H,17,18). The number of benzene rings is 1. The Balaban J connectivity index is 2.20. The molecule has 0 heterocycles. The number of carbonyl (C=O) groups is 1. The zero-order chi connectivity index (χ0) is 14.1. The molecule has 0 bridgehead atoms. The van der Waals surface area contributed by atoms with Crippen LogP contribution in [0.4, 0.5) is 0 Å². The Bertz CT molecular complexity index is 414. The molecule has 6 heteroatoms. The van der Waals surface area contributed by atoms with E-state index in [1.165, 1.54) is 0 Å². The number of carbonyl (C=O) groups excluding carboxylic acids is 1. The highest BCUT2D eigenvalue weighted by atomic mass is 35.5. The fourth-order valence-corrected chi connectivity index (χ4v) is 1.89. The molecule has 106 valence electrons. The number of hydrogen-bond donors (Lipinski definition) is 2. The van der Waals surface area contributed by atoms with Crippen molar-refractivity contribution < 1.29 is 9.53 Å². The molecule has 0 atom stereocenters. The smallest absolute Gasteiger partial charge is 0.223 e. The van der Waals surface area contributed by atoms with E-state index in [2.05, 4.69) is 5.32 Å². The first-order valence-corrected chi connectivity index (χ1v) is 6.93. The van der Waals surface area contributed by atoms with E-state index in [1.54, 1.807) is 18.2 Å². The van der Waals surface area contributed by atoms with E-state index in [0.29, 0.717) is 35.3 Å². The lowest BCUT2D eigenvalue weighted by molar-refractivity contribution is -0.121. The molecule has 0 aliphatic carbocycles. The van der Waals surface area contributed by atoms with Crippen LogP contribution in [0.15, 0.2) is 18.2 Å². The van der Waals surface area contributed by atoms with Crippen LogP contribution in [0.3, 0.4) is 0 Å². The molecule has 0 fully saturated rings. The number of halogens is 2. The van der Waals surface area contributed by atoms with Gasteiger partial charge >= 0.3 is 0 Å². The lowest BCUT2D eigenvalue weighted by Crippen LogP contribution is -2.26. The fourth-order valence-electron chi connectivity index (χ4n) is 1.43. The summed E-state index contributed by atoms with van der Waals surface area (Å²) in [6, 6.07) is 4.98. The van der Waals surface area contributed by atoms with Crippen LogP contribution in [0, 0.1) is 0 Å². The van der Waals surface area contributed by atoms with Crippen molar-refractivity contribution in [3.63, 3.8) is 0 Å². The second-order valence-corrected chi connectivity index (χ2v) is 4.86. The number of ether oxygens (including phenoxy) is 1. The third-order valence-electron chi connectivity index (χ3n) is 2.43. The Labute approximate surface area is 123 Å². The third-order valence-corrected chi connectivity index (χ3v) is 2.96. The molecule has 0 aliphatic rings. The molecule has 0 spiro atoms. The van der Waals surface area contributed by atoms with Crippen LogP contribution < -0.4 is 15.8 Å². The van der Waals surface area contributed by atoms with E-state index in [1.807, 2.05) is 0 Å². The van der Waals surface area contributed by atoms with Crippen molar-refractivity contribution in [1.82, 2.24) is 5.32 Å². The summed E-state index contributed by atoms with van der Waals surface area (Å²) in [7, 11) is 0. The summed E-state index contributed by atoms with van der Waals surface area (Å²) in [5.41, 5.74) is 5.36. The molecule has 0 saturated heterocycles. The van der Waals surface area contributed by atoms with Gasteiger partial charge in [0.2, 0.25) is 5.91 Å². The predicted octanol–water partition coefficient (Wildman–Crippen LogP) is 2.62. The van der Waals surface area contributed by atoms with E-state index >= 15 is 0 Å². The van der Waals surface area contributed by atoms with Gasteiger partial charge in [0.05, 0.1) is 18.1 Å². The predicted molar refractivity (Wildman–Crippen MR) is 77.9 cm³/mol. The molecule has 1 aromatic carbocycles. The maximum absolute atomic E-state index is 11.5. The van der Waals surface area contributed by atoms with Crippen LogP contribution >= 0.6 is 23.2 Å². The average Bonchev–Trinajstić information content (AvgIpc) is 2.37. The fraction of sp³-hybridized carbons (Fsp3) is 0.462. The summed E-state index contributed by atoms with van der Waals surface area (Å²) in [6.07, 6.45) is 2.10. The summed E-state index contributed by atoms with van der Waals surface area (Å²) in [5, 5.41) is 3.79. The van der Waals surface area contributed by atoms with Gasteiger partial charge in [0.25, 0.3) is 0 Å². The van der Waals surface area contributed by atoms with Gasteiger partial charge in [-0.3, -0.25) is 4.79 Å². The first-order valence-electron chi connectivity index (χ1n) is 6.18. The number of hydrogen-bond acceptors (Lipinski definition) is 3. The Morgan fingerprint density at radius 2 is 2.11 bits per heavy atom. The van der Waals surface area contributed by atoms with E-state index in [4.69, 9.17) is 33.7 Å². The maximum Gasteiger partial charge on any atom is 0.223 e. The summed E-state index contributed by atoms with van der Waals surface area (Å²) in [6.45, 7) is 1.58. The van der Waals surface area contributed by atoms with Crippen LogP contribution in [-0.4, -0.2) is 25.6 Å². The Morgan fingerprint density at radius 3 is 2.79 bits per heavy atom. The zero-order valence-corrected chi connectivity index (χ0v) is 12.1. The number of nitrogens with two attached hydrogens (primary N) is 1. The van der Waals surface area contributed by atoms with Crippen molar-refractivity contribution in [2.75, 3.05) is 19.7 Å². The molecule has 0 aliphatic heterocycles. The first-order chi connectivity index (χ1) is 9.13. The Morgan fingerprint density at radius 1 is 1.32 bits per heavy atom. The van der Waals surface area contributed by atoms with Gasteiger partial charge in [0.1, 0.15) is 5.75 Å². The van der Waals surface area contributed by atoms with Gasteiger partial charge in [0.15, 0.2) is 0 Å². The Hall–Kier alpha value is -0.970. The molecule has 1 rings (SSSR count). The van der Waals surface area contributed by atoms with Gasteiger partial charge in [-0.2, -0.15) is 0 Å². The van der Waals surface area contributed by atoms with Crippen molar-refractivity contribution in [3.8, 4) is 5.75 Å². The highest BCUT2D eigenvalue weighted by molar-refractivity contribution is 6.35. The highest BCUT2D eigenvalue weighted by Crippen LogP contribution is 2.27. The monoisotopic (exact) mass is 304 g/mol. The van der Waals surface area contributed by atoms with Crippen LogP contribution in [0.1, 0.15) is 19.3 Å². The number of rotatable bonds is 8. The Kier molecular flexibility index (Phi) is 7.63. The van der Waals surface area contributed by atoms with Gasteiger partial charge in [-0.25, -0.2) is 0 Å². The van der Waals surface area contributed by atoms with Gasteiger partial charge in [-0.05, 0) is 37.6 Å². The minimum absolute atomic E-state index is 0.0397. The quantitative estimate of drug-likeness (QED) is 0.726. The van der Waals surface area contributed by atoms with Crippen molar-refractivity contribution in [2.24, 2.45) is 5.73 Å². The van der Waals surface area contributed by atoms with E-state index < -0.39 is 0 Å². The van der Waals surface area contributed by atoms with Crippen molar-refractivity contribution in [2.45, 2.75) is 19.3 Å². The van der Waals surface area contributed by atoms with E-state index in [0.717, 1.165) is 12.8 Å². The average molecular weight is 305 g/mol. The van der Waals surface area contributed by atoms with Crippen LogP contribution in [-0.2, 0) is 4.79 Å². The van der Waals surface area contributed by atoms with Gasteiger partial charge < -0.3 is 15.8 Å². The largest absolute Gasteiger partial charge is 0.491 e. The highest BCUT2D eigenvalue weighted by Gasteiger charge is 2.04. The summed E-state index contributed by atoms with van der Waals surface area (Å²) < 4.78 is 5.42. The molecular formula is C13H18Cl2N2O2. The topological polar surface area (TPSA) is 64.3 Å². The lowest BCUT2D eigenvalue weighted by atomic mass is 10.3. The summed E-state index contributed by atoms with van der Waals surface area (Å²) in [4.78, 5) is 11.5. The zero-order valence-electron chi connectivity index (χ0n) is 10.6. The molecule has 0 radical (unpaired) electrons. The number of amides is 1. The molecule has 0 unspecified atom stereocenters. The molecule has 0 saturated carbocycles. The minimum atomic E-state index is -0.0397. The van der Waals surface area contributed by atoms with Crippen LogP contribution in [0.5, 0.6) is 5.75 Å². The van der Waals surface area contributed by atoms with Crippen LogP contribution in [0.2, 0.25) is 10.0 Å². The van der Waals surface area contributed by atoms with Crippen molar-refractivity contribution >= 4 is 29.1 Å². The first kappa shape index (κ1) is 16.1. The molecule has 19 heavy (non-hydrogen) atoms. The number of nitrogens with one attached hydrogen (secondary N) is 1. The molecule has 4 nitrogen and oxygen atoms in total. The summed E-state index contributed by atoms with van der Waals surface area (Å²) in [5.74, 6) is 0.490. The maximum atomic E-state index is 11.5. The molecule has 1 aromatic rings. The summed E-state index contributed by atoms with van der Waals surface area (Å²) >= 11 is 11.7. The van der Waals surface area contributed by atoms with E-state index in [9.17, 15) is 4.79 Å². The normalized spacial score (nSPS) is 10.3. The second-order valence-electron chi connectivity index (χ2n) is 4.02. The molecular weight excluding hydrogens is 287 g/mol. The van der Waals surface area contributed by atoms with Gasteiger partial charge in [-0.1, -0.05) is 23.2 Å². The third kappa shape index (κ3) is 6.66. The SMILES string of the molecule is NCCCCNC(=O)CCOc1ccc(Cl)cc1Cl. The van der Waals surface area contributed by atoms with E-state index in [-0.39, 0.29) is 12.5 Å². The molecule has 0 aromatic heterocycles. The van der Waals surface area contributed by atoms with Crippen molar-refractivity contribution in [1.29, 1.82) is 0 Å². The van der Waals surface area contributed by atoms with Crippen molar-refractivity contribution in [3.05, 3.63) is 28.2 Å². The second kappa shape index (κ2) is 9.02. The molecule has 3 N–H and O–H groups in total. The van der Waals surface area contributed by atoms with Gasteiger partial charge in [0, 0.05) is 11.6 Å². The van der Waals surface area contributed by atoms with Crippen LogP contribution in [0.25, 0.3) is 0 Å². The molecule has 1 amide bonds.